The second-order valence-electron chi connectivity index (χ2n) is 4.15. The molecule has 0 saturated carbocycles. The molecule has 0 bridgehead atoms. The van der Waals surface area contributed by atoms with E-state index < -0.39 is 0 Å². The van der Waals surface area contributed by atoms with E-state index in [9.17, 15) is 0 Å². The molecule has 2 heteroatoms. The van der Waals surface area contributed by atoms with Crippen LogP contribution >= 0.6 is 11.8 Å². The molecule has 0 amide bonds. The van der Waals surface area contributed by atoms with Crippen LogP contribution in [0, 0.1) is 6.07 Å². The van der Waals surface area contributed by atoms with Gasteiger partial charge in [-0.25, -0.2) is 0 Å². The molecule has 0 fully saturated rings. The molecule has 0 saturated heterocycles. The van der Waals surface area contributed by atoms with Gasteiger partial charge in [-0.3, -0.25) is 0 Å². The molecule has 0 aliphatic heterocycles. The summed E-state index contributed by atoms with van der Waals surface area (Å²) in [7, 11) is 0. The monoisotopic (exact) mass is 252 g/mol. The van der Waals surface area contributed by atoms with Crippen LogP contribution in [-0.2, 0) is 6.54 Å². The number of benzene rings is 2. The lowest BCUT2D eigenvalue weighted by Crippen LogP contribution is -1.98. The Morgan fingerprint density at radius 2 is 1.72 bits per heavy atom. The summed E-state index contributed by atoms with van der Waals surface area (Å²) in [6.45, 7) is 1.02. The van der Waals surface area contributed by atoms with Crippen molar-refractivity contribution in [1.82, 2.24) is 4.57 Å². The fourth-order valence-corrected chi connectivity index (χ4v) is 2.90. The molecule has 3 rings (SSSR count). The van der Waals surface area contributed by atoms with Gasteiger partial charge in [0.05, 0.1) is 0 Å². The summed E-state index contributed by atoms with van der Waals surface area (Å²) in [6, 6.07) is 22.2. The fourth-order valence-electron chi connectivity index (χ4n) is 2.03. The largest absolute Gasteiger partial charge is 0.346 e. The minimum absolute atomic E-state index is 1.02. The van der Waals surface area contributed by atoms with E-state index in [1.54, 1.807) is 0 Å². The minimum Gasteiger partial charge on any atom is -0.346 e. The molecule has 0 N–H and O–H groups in total. The quantitative estimate of drug-likeness (QED) is 0.629. The summed E-state index contributed by atoms with van der Waals surface area (Å²) in [5.74, 6) is 1.08. The van der Waals surface area contributed by atoms with Crippen molar-refractivity contribution in [3.8, 4) is 0 Å². The first-order valence-electron chi connectivity index (χ1n) is 6.07. The maximum atomic E-state index is 3.29. The number of hydrogen-bond donors (Lipinski definition) is 0. The van der Waals surface area contributed by atoms with Crippen molar-refractivity contribution in [2.75, 3.05) is 5.75 Å². The predicted molar refractivity (Wildman–Crippen MR) is 77.9 cm³/mol. The van der Waals surface area contributed by atoms with Gasteiger partial charge in [-0.2, -0.15) is 0 Å². The molecular weight excluding hydrogens is 238 g/mol. The van der Waals surface area contributed by atoms with Crippen molar-refractivity contribution in [3.05, 3.63) is 66.9 Å². The van der Waals surface area contributed by atoms with Gasteiger partial charge in [0.2, 0.25) is 0 Å². The van der Waals surface area contributed by atoms with Crippen molar-refractivity contribution in [1.29, 1.82) is 0 Å². The van der Waals surface area contributed by atoms with Crippen LogP contribution in [-0.4, -0.2) is 10.3 Å². The summed E-state index contributed by atoms with van der Waals surface area (Å²) in [5, 5.41) is 1.20. The number of para-hydroxylation sites is 1. The lowest BCUT2D eigenvalue weighted by molar-refractivity contribution is 0.807. The number of aryl methyl sites for hydroxylation is 1. The first kappa shape index (κ1) is 11.4. The lowest BCUT2D eigenvalue weighted by atomic mass is 10.2. The third-order valence-electron chi connectivity index (χ3n) is 2.93. The van der Waals surface area contributed by atoms with Crippen LogP contribution in [0.15, 0.2) is 65.7 Å². The lowest BCUT2D eigenvalue weighted by Gasteiger charge is -2.05. The van der Waals surface area contributed by atoms with E-state index in [1.807, 2.05) is 11.8 Å². The van der Waals surface area contributed by atoms with E-state index in [-0.39, 0.29) is 0 Å². The van der Waals surface area contributed by atoms with E-state index in [2.05, 4.69) is 71.4 Å². The van der Waals surface area contributed by atoms with E-state index in [4.69, 9.17) is 0 Å². The van der Waals surface area contributed by atoms with Crippen molar-refractivity contribution in [2.24, 2.45) is 0 Å². The van der Waals surface area contributed by atoms with E-state index in [0.29, 0.717) is 0 Å². The Morgan fingerprint density at radius 1 is 0.944 bits per heavy atom. The SMILES string of the molecule is [c]1cn(CCSc2ccccc2)c2ccccc12. The van der Waals surface area contributed by atoms with Crippen molar-refractivity contribution in [2.45, 2.75) is 11.4 Å². The van der Waals surface area contributed by atoms with Gasteiger partial charge in [0.1, 0.15) is 0 Å². The summed E-state index contributed by atoms with van der Waals surface area (Å²) < 4.78 is 2.27. The smallest absolute Gasteiger partial charge is 0.0487 e. The molecular formula is C16H14NS. The second-order valence-corrected chi connectivity index (χ2v) is 5.31. The highest BCUT2D eigenvalue weighted by molar-refractivity contribution is 7.99. The second kappa shape index (κ2) is 5.32. The van der Waals surface area contributed by atoms with Gasteiger partial charge in [0.15, 0.2) is 0 Å². The molecule has 1 heterocycles. The maximum Gasteiger partial charge on any atom is 0.0487 e. The molecule has 0 spiro atoms. The number of hydrogen-bond acceptors (Lipinski definition) is 1. The van der Waals surface area contributed by atoms with Gasteiger partial charge >= 0.3 is 0 Å². The van der Waals surface area contributed by atoms with Gasteiger partial charge in [0, 0.05) is 40.4 Å². The standard InChI is InChI=1S/C16H14NS/c1-2-7-15(8-3-1)18-13-12-17-11-10-14-6-4-5-9-16(14)17/h1-9,11H,12-13H2. The number of fused-ring (bicyclic) bond motifs is 1. The third-order valence-corrected chi connectivity index (χ3v) is 3.93. The van der Waals surface area contributed by atoms with Crippen molar-refractivity contribution < 1.29 is 0 Å². The van der Waals surface area contributed by atoms with Crippen molar-refractivity contribution in [3.63, 3.8) is 0 Å². The molecule has 1 aromatic heterocycles. The molecule has 2 aromatic carbocycles. The van der Waals surface area contributed by atoms with Gasteiger partial charge in [-0.05, 0) is 18.2 Å². The average Bonchev–Trinajstić information content (AvgIpc) is 2.84. The Kier molecular flexibility index (Phi) is 3.37. The summed E-state index contributed by atoms with van der Waals surface area (Å²) in [5.41, 5.74) is 1.27. The molecule has 18 heavy (non-hydrogen) atoms. The van der Waals surface area contributed by atoms with Gasteiger partial charge in [-0.1, -0.05) is 36.4 Å². The first-order valence-corrected chi connectivity index (χ1v) is 7.05. The molecule has 89 valence electrons. The predicted octanol–water partition coefficient (Wildman–Crippen LogP) is 4.23. The highest BCUT2D eigenvalue weighted by atomic mass is 32.2. The molecule has 1 radical (unpaired) electrons. The van der Waals surface area contributed by atoms with Crippen LogP contribution in [0.4, 0.5) is 0 Å². The van der Waals surface area contributed by atoms with E-state index >= 15 is 0 Å². The summed E-state index contributed by atoms with van der Waals surface area (Å²) in [6.07, 6.45) is 2.05. The molecule has 0 atom stereocenters. The van der Waals surface area contributed by atoms with Gasteiger partial charge in [-0.15, -0.1) is 11.8 Å². The highest BCUT2D eigenvalue weighted by Gasteiger charge is 2.00. The van der Waals surface area contributed by atoms with Gasteiger partial charge < -0.3 is 4.57 Å². The minimum atomic E-state index is 1.02. The number of thioether (sulfide) groups is 1. The number of nitrogens with zero attached hydrogens (tertiary/aromatic N) is 1. The van der Waals surface area contributed by atoms with Gasteiger partial charge in [0.25, 0.3) is 0 Å². The summed E-state index contributed by atoms with van der Waals surface area (Å²) >= 11 is 1.89. The third kappa shape index (κ3) is 2.44. The van der Waals surface area contributed by atoms with Crippen LogP contribution in [0.1, 0.15) is 0 Å². The van der Waals surface area contributed by atoms with Crippen LogP contribution in [0.25, 0.3) is 10.9 Å². The van der Waals surface area contributed by atoms with Crippen molar-refractivity contribution >= 4 is 22.7 Å². The molecule has 0 aliphatic carbocycles. The highest BCUT2D eigenvalue weighted by Crippen LogP contribution is 2.19. The Bertz CT molecular complexity index is 628. The Balaban J connectivity index is 1.67. The Hall–Kier alpha value is -1.67. The molecule has 0 unspecified atom stereocenters. The first-order chi connectivity index (χ1) is 8.93. The van der Waals surface area contributed by atoms with Crippen LogP contribution < -0.4 is 0 Å². The van der Waals surface area contributed by atoms with Crippen LogP contribution in [0.3, 0.4) is 0 Å². The zero-order chi connectivity index (χ0) is 12.2. The normalized spacial score (nSPS) is 10.9. The summed E-state index contributed by atoms with van der Waals surface area (Å²) in [4.78, 5) is 1.33. The van der Waals surface area contributed by atoms with E-state index in [0.717, 1.165) is 12.3 Å². The van der Waals surface area contributed by atoms with Crippen LogP contribution in [0.5, 0.6) is 0 Å². The Morgan fingerprint density at radius 3 is 2.61 bits per heavy atom. The Labute approximate surface area is 111 Å². The topological polar surface area (TPSA) is 4.93 Å². The fraction of sp³-hybridized carbons (Fsp3) is 0.125. The average molecular weight is 252 g/mol. The number of aromatic nitrogens is 1. The zero-order valence-electron chi connectivity index (χ0n) is 10.0. The number of rotatable bonds is 4. The molecule has 0 aliphatic rings. The zero-order valence-corrected chi connectivity index (χ0v) is 10.9. The molecule has 1 nitrogen and oxygen atoms in total. The van der Waals surface area contributed by atoms with E-state index in [1.165, 1.54) is 15.8 Å². The molecule has 3 aromatic rings. The maximum absolute atomic E-state index is 3.29. The van der Waals surface area contributed by atoms with Crippen LogP contribution in [0.2, 0.25) is 0 Å².